The number of carbonyl (C=O) groups is 1. The smallest absolute Gasteiger partial charge is 0.405 e. The molecule has 0 fully saturated rings. The van der Waals surface area contributed by atoms with E-state index in [1.807, 2.05) is 6.07 Å². The molecule has 3 aromatic heterocycles. The summed E-state index contributed by atoms with van der Waals surface area (Å²) in [5.41, 5.74) is 7.43. The molecule has 0 saturated carbocycles. The van der Waals surface area contributed by atoms with E-state index in [1.54, 1.807) is 49.2 Å². The van der Waals surface area contributed by atoms with E-state index >= 15 is 0 Å². The normalized spacial score (nSPS) is 10.9. The van der Waals surface area contributed by atoms with Crippen molar-refractivity contribution < 1.29 is 13.9 Å². The Bertz CT molecular complexity index is 1240. The first-order valence-corrected chi connectivity index (χ1v) is 9.01. The van der Waals surface area contributed by atoms with Crippen LogP contribution in [-0.4, -0.2) is 49.8 Å². The number of nitrogens with zero attached hydrogens (tertiary/aromatic N) is 6. The van der Waals surface area contributed by atoms with E-state index < -0.39 is 6.09 Å². The highest BCUT2D eigenvalue weighted by Crippen LogP contribution is 2.28. The maximum atomic E-state index is 14.1. The Balaban J connectivity index is 1.74. The van der Waals surface area contributed by atoms with Gasteiger partial charge in [0.25, 0.3) is 0 Å². The Hall–Kier alpha value is -4.08. The average Bonchev–Trinajstić information content (AvgIpc) is 3.09. The maximum Gasteiger partial charge on any atom is 0.414 e. The number of ether oxygens (including phenoxy) is 1. The first kappa shape index (κ1) is 19.2. The molecule has 0 atom stereocenters. The van der Waals surface area contributed by atoms with Gasteiger partial charge in [-0.15, -0.1) is 0 Å². The molecule has 152 valence electrons. The van der Waals surface area contributed by atoms with Gasteiger partial charge in [-0.3, -0.25) is 0 Å². The minimum absolute atomic E-state index is 0.00380. The van der Waals surface area contributed by atoms with Gasteiger partial charge in [0, 0.05) is 25.9 Å². The fourth-order valence-corrected chi connectivity index (χ4v) is 2.83. The summed E-state index contributed by atoms with van der Waals surface area (Å²) in [7, 11) is 3.10. The van der Waals surface area contributed by atoms with E-state index in [4.69, 9.17) is 10.5 Å². The molecule has 0 bridgehead atoms. The molecular formula is C20H18FN7O2. The molecule has 10 heteroatoms. The third-order valence-electron chi connectivity index (χ3n) is 4.34. The number of fused-ring (bicyclic) bond motifs is 1. The first-order valence-electron chi connectivity index (χ1n) is 9.01. The van der Waals surface area contributed by atoms with E-state index in [0.717, 1.165) is 0 Å². The summed E-state index contributed by atoms with van der Waals surface area (Å²) >= 11 is 0. The van der Waals surface area contributed by atoms with Gasteiger partial charge in [-0.2, -0.15) is 5.10 Å². The molecule has 4 aromatic rings. The van der Waals surface area contributed by atoms with Crippen LogP contribution < -0.4 is 10.5 Å². The van der Waals surface area contributed by atoms with Gasteiger partial charge in [0.15, 0.2) is 23.0 Å². The Morgan fingerprint density at radius 1 is 1.20 bits per heavy atom. The van der Waals surface area contributed by atoms with Crippen molar-refractivity contribution in [1.29, 1.82) is 0 Å². The molecule has 0 spiro atoms. The van der Waals surface area contributed by atoms with E-state index in [9.17, 15) is 9.18 Å². The molecule has 30 heavy (non-hydrogen) atoms. The first-order chi connectivity index (χ1) is 14.4. The van der Waals surface area contributed by atoms with Crippen molar-refractivity contribution in [3.8, 4) is 17.3 Å². The Labute approximate surface area is 170 Å². The number of pyridine rings is 1. The molecule has 2 N–H and O–H groups in total. The van der Waals surface area contributed by atoms with Crippen LogP contribution in [0.1, 0.15) is 5.56 Å². The van der Waals surface area contributed by atoms with Gasteiger partial charge in [-0.05, 0) is 18.2 Å². The quantitative estimate of drug-likeness (QED) is 0.553. The number of anilines is 1. The van der Waals surface area contributed by atoms with Crippen LogP contribution in [-0.2, 0) is 6.54 Å². The van der Waals surface area contributed by atoms with Gasteiger partial charge in [0.05, 0.1) is 18.1 Å². The predicted molar refractivity (Wildman–Crippen MR) is 108 cm³/mol. The van der Waals surface area contributed by atoms with Gasteiger partial charge in [-0.25, -0.2) is 28.8 Å². The van der Waals surface area contributed by atoms with Crippen LogP contribution in [0, 0.1) is 5.82 Å². The summed E-state index contributed by atoms with van der Waals surface area (Å²) in [6, 6.07) is 10.1. The van der Waals surface area contributed by atoms with Gasteiger partial charge in [-0.1, -0.05) is 18.2 Å². The van der Waals surface area contributed by atoms with Crippen molar-refractivity contribution in [2.45, 2.75) is 6.54 Å². The van der Waals surface area contributed by atoms with Crippen molar-refractivity contribution in [1.82, 2.24) is 29.6 Å². The molecule has 0 aliphatic heterocycles. The van der Waals surface area contributed by atoms with Crippen LogP contribution in [0.15, 0.2) is 48.8 Å². The van der Waals surface area contributed by atoms with Crippen molar-refractivity contribution >= 4 is 22.9 Å². The molecule has 0 radical (unpaired) electrons. The maximum absolute atomic E-state index is 14.1. The summed E-state index contributed by atoms with van der Waals surface area (Å²) in [4.78, 5) is 25.8. The lowest BCUT2D eigenvalue weighted by Gasteiger charge is -2.11. The zero-order valence-corrected chi connectivity index (χ0v) is 16.3. The summed E-state index contributed by atoms with van der Waals surface area (Å²) < 4.78 is 20.8. The van der Waals surface area contributed by atoms with Gasteiger partial charge >= 0.3 is 6.09 Å². The number of aromatic nitrogens is 5. The SMILES string of the molecule is CN(C)C(=O)Oc1cnc(-c2nn(Cc3ccccc3F)c3ncccc23)nc1N. The zero-order chi connectivity index (χ0) is 21.3. The summed E-state index contributed by atoms with van der Waals surface area (Å²) in [5, 5.41) is 5.23. The molecule has 0 aliphatic rings. The standard InChI is InChI=1S/C20H18FN7O2/c1-27(2)20(29)30-15-10-24-18(25-17(15)22)16-13-7-5-9-23-19(13)28(26-16)11-12-6-3-4-8-14(12)21/h3-10H,11H2,1-2H3,(H2,22,24,25). The van der Waals surface area contributed by atoms with Crippen LogP contribution in [0.4, 0.5) is 15.0 Å². The second-order valence-corrected chi connectivity index (χ2v) is 6.68. The van der Waals surface area contributed by atoms with Crippen molar-refractivity contribution in [2.75, 3.05) is 19.8 Å². The molecule has 1 aromatic carbocycles. The predicted octanol–water partition coefficient (Wildman–Crippen LogP) is 2.72. The highest BCUT2D eigenvalue weighted by Gasteiger charge is 2.19. The number of carbonyl (C=O) groups excluding carboxylic acids is 1. The van der Waals surface area contributed by atoms with E-state index in [0.29, 0.717) is 22.3 Å². The largest absolute Gasteiger partial charge is 0.414 e. The zero-order valence-electron chi connectivity index (χ0n) is 16.3. The van der Waals surface area contributed by atoms with E-state index in [2.05, 4.69) is 20.1 Å². The fraction of sp³-hybridized carbons (Fsp3) is 0.150. The van der Waals surface area contributed by atoms with E-state index in [-0.39, 0.29) is 29.8 Å². The molecule has 0 aliphatic carbocycles. The molecule has 0 saturated heterocycles. The number of nitrogens with two attached hydrogens (primary N) is 1. The lowest BCUT2D eigenvalue weighted by molar-refractivity contribution is 0.172. The number of hydrogen-bond acceptors (Lipinski definition) is 7. The highest BCUT2D eigenvalue weighted by atomic mass is 19.1. The van der Waals surface area contributed by atoms with Gasteiger partial charge in [0.2, 0.25) is 0 Å². The Morgan fingerprint density at radius 2 is 2.00 bits per heavy atom. The van der Waals surface area contributed by atoms with Crippen molar-refractivity contribution in [3.05, 3.63) is 60.2 Å². The van der Waals surface area contributed by atoms with Crippen molar-refractivity contribution in [3.63, 3.8) is 0 Å². The number of amides is 1. The summed E-state index contributed by atoms with van der Waals surface area (Å²) in [6.45, 7) is 0.189. The van der Waals surface area contributed by atoms with Crippen LogP contribution in [0.5, 0.6) is 5.75 Å². The number of halogens is 1. The van der Waals surface area contributed by atoms with Gasteiger partial charge < -0.3 is 15.4 Å². The average molecular weight is 407 g/mol. The Morgan fingerprint density at radius 3 is 2.73 bits per heavy atom. The molecule has 0 unspecified atom stereocenters. The highest BCUT2D eigenvalue weighted by molar-refractivity contribution is 5.89. The topological polar surface area (TPSA) is 112 Å². The van der Waals surface area contributed by atoms with Crippen LogP contribution in [0.2, 0.25) is 0 Å². The minimum atomic E-state index is -0.595. The van der Waals surface area contributed by atoms with Crippen LogP contribution in [0.3, 0.4) is 0 Å². The molecule has 9 nitrogen and oxygen atoms in total. The van der Waals surface area contributed by atoms with E-state index in [1.165, 1.54) is 17.2 Å². The lowest BCUT2D eigenvalue weighted by Crippen LogP contribution is -2.25. The number of benzene rings is 1. The lowest BCUT2D eigenvalue weighted by atomic mass is 10.2. The summed E-state index contributed by atoms with van der Waals surface area (Å²) in [5.74, 6) is -0.0461. The third kappa shape index (κ3) is 3.62. The summed E-state index contributed by atoms with van der Waals surface area (Å²) in [6.07, 6.45) is 2.35. The Kier molecular flexibility index (Phi) is 4.97. The third-order valence-corrected chi connectivity index (χ3v) is 4.34. The second kappa shape index (κ2) is 7.74. The molecule has 4 rings (SSSR count). The van der Waals surface area contributed by atoms with Crippen molar-refractivity contribution in [2.24, 2.45) is 0 Å². The number of hydrogen-bond donors (Lipinski definition) is 1. The van der Waals surface area contributed by atoms with Gasteiger partial charge in [0.1, 0.15) is 11.5 Å². The molecular weight excluding hydrogens is 389 g/mol. The van der Waals surface area contributed by atoms with Crippen LogP contribution in [0.25, 0.3) is 22.6 Å². The minimum Gasteiger partial charge on any atom is -0.405 e. The van der Waals surface area contributed by atoms with Crippen LogP contribution >= 0.6 is 0 Å². The number of nitrogen functional groups attached to an aromatic ring is 1. The number of rotatable bonds is 4. The molecule has 1 amide bonds. The second-order valence-electron chi connectivity index (χ2n) is 6.68. The fourth-order valence-electron chi connectivity index (χ4n) is 2.83. The monoisotopic (exact) mass is 407 g/mol. The molecule has 3 heterocycles.